The Hall–Kier alpha value is -4.84. The zero-order valence-electron chi connectivity index (χ0n) is 23.7. The predicted molar refractivity (Wildman–Crippen MR) is 155 cm³/mol. The van der Waals surface area contributed by atoms with Crippen LogP contribution in [0.1, 0.15) is 42.3 Å². The standard InChI is InChI=1S/C28H24F3N5O8S2/c1-42-34-21(24-33-27(32)45-35-24)19(37)14-17-18-12-13-20(44-46(40,41)28(29,30)31)22(36(18)25(17)38)26(39)43-23(15-8-4-2-5-9-15)16-10-6-3-7-11-16/h2-11,17-18,23H,12-14H2,1H3,(H2,32,33,35)/b34-21+/t17-,18+/m0/s1. The van der Waals surface area contributed by atoms with Crippen LogP contribution in [0, 0.1) is 5.92 Å². The number of alkyl halides is 3. The highest BCUT2D eigenvalue weighted by atomic mass is 32.2. The summed E-state index contributed by atoms with van der Waals surface area (Å²) >= 11 is 0.797. The van der Waals surface area contributed by atoms with Crippen molar-refractivity contribution >= 4 is 50.2 Å². The normalized spacial score (nSPS) is 18.6. The van der Waals surface area contributed by atoms with Crippen LogP contribution in [0.25, 0.3) is 0 Å². The second-order valence-corrected chi connectivity index (χ2v) is 12.3. The molecule has 0 saturated carbocycles. The second kappa shape index (κ2) is 12.9. The monoisotopic (exact) mass is 679 g/mol. The summed E-state index contributed by atoms with van der Waals surface area (Å²) in [5.41, 5.74) is -0.376. The molecule has 13 nitrogen and oxygen atoms in total. The van der Waals surface area contributed by atoms with Crippen LogP contribution in [0.2, 0.25) is 0 Å². The van der Waals surface area contributed by atoms with Gasteiger partial charge < -0.3 is 19.5 Å². The summed E-state index contributed by atoms with van der Waals surface area (Å²) < 4.78 is 78.0. The fourth-order valence-electron chi connectivity index (χ4n) is 5.12. The first kappa shape index (κ1) is 32.6. The SMILES string of the molecule is CO/N=C(\C(=O)C[C@@H]1C(=O)N2C(C(=O)OC(c3ccccc3)c3ccccc3)=C(OS(=O)(=O)C(F)(F)F)CC[C@H]12)c1nsc(N)n1. The summed E-state index contributed by atoms with van der Waals surface area (Å²) in [7, 11) is -5.04. The number of allylic oxidation sites excluding steroid dienone is 1. The van der Waals surface area contributed by atoms with E-state index in [1.165, 1.54) is 7.11 Å². The number of hydrogen-bond acceptors (Lipinski definition) is 13. The highest BCUT2D eigenvalue weighted by molar-refractivity contribution is 7.87. The van der Waals surface area contributed by atoms with Crippen molar-refractivity contribution in [3.05, 3.63) is 89.1 Å². The number of rotatable bonds is 11. The van der Waals surface area contributed by atoms with Crippen LogP contribution in [-0.4, -0.2) is 64.7 Å². The Kier molecular flexibility index (Phi) is 9.11. The Balaban J connectivity index is 1.48. The lowest BCUT2D eigenvalue weighted by Crippen LogP contribution is -2.63. The van der Waals surface area contributed by atoms with Gasteiger partial charge in [-0.25, -0.2) is 4.79 Å². The van der Waals surface area contributed by atoms with Gasteiger partial charge in [0.1, 0.15) is 7.11 Å². The van der Waals surface area contributed by atoms with Crippen molar-refractivity contribution in [2.75, 3.05) is 12.8 Å². The fourth-order valence-corrected chi connectivity index (χ4v) is 6.08. The summed E-state index contributed by atoms with van der Waals surface area (Å²) in [6, 6.07) is 15.8. The fraction of sp³-hybridized carbons (Fsp3) is 0.286. The van der Waals surface area contributed by atoms with E-state index in [4.69, 9.17) is 15.3 Å². The lowest BCUT2D eigenvalue weighted by atomic mass is 9.77. The van der Waals surface area contributed by atoms with E-state index < -0.39 is 75.6 Å². The lowest BCUT2D eigenvalue weighted by molar-refractivity contribution is -0.163. The van der Waals surface area contributed by atoms with Crippen LogP contribution < -0.4 is 5.73 Å². The van der Waals surface area contributed by atoms with E-state index >= 15 is 0 Å². The molecule has 3 heterocycles. The van der Waals surface area contributed by atoms with E-state index in [2.05, 4.69) is 18.7 Å². The van der Waals surface area contributed by atoms with Gasteiger partial charge in [0, 0.05) is 30.4 Å². The molecule has 2 aliphatic rings. The molecule has 1 aromatic heterocycles. The number of nitrogens with two attached hydrogens (primary N) is 1. The number of ether oxygens (including phenoxy) is 1. The number of oxime groups is 1. The van der Waals surface area contributed by atoms with Crippen LogP contribution in [0.5, 0.6) is 0 Å². The molecule has 242 valence electrons. The average Bonchev–Trinajstić information content (AvgIpc) is 3.46. The number of carbonyl (C=O) groups is 3. The number of Topliss-reactive ketones (excluding diaryl/α,β-unsaturated/α-hetero) is 1. The minimum atomic E-state index is -6.22. The van der Waals surface area contributed by atoms with E-state index in [9.17, 15) is 36.0 Å². The molecule has 0 spiro atoms. The van der Waals surface area contributed by atoms with Gasteiger partial charge in [0.25, 0.3) is 0 Å². The van der Waals surface area contributed by atoms with Gasteiger partial charge in [-0.2, -0.15) is 30.9 Å². The third-order valence-electron chi connectivity index (χ3n) is 7.15. The van der Waals surface area contributed by atoms with Gasteiger partial charge in [0.15, 0.2) is 34.2 Å². The molecule has 0 aliphatic carbocycles. The number of ketones is 1. The first-order valence-electron chi connectivity index (χ1n) is 13.4. The largest absolute Gasteiger partial charge is 0.534 e. The number of amides is 1. The summed E-state index contributed by atoms with van der Waals surface area (Å²) in [6.07, 6.45) is -2.19. The molecule has 1 amide bonds. The molecule has 1 saturated heterocycles. The van der Waals surface area contributed by atoms with Crippen molar-refractivity contribution in [2.24, 2.45) is 11.1 Å². The van der Waals surface area contributed by atoms with Gasteiger partial charge in [0.2, 0.25) is 11.7 Å². The summed E-state index contributed by atoms with van der Waals surface area (Å²) in [5.74, 6) is -4.98. The van der Waals surface area contributed by atoms with Crippen molar-refractivity contribution in [2.45, 2.75) is 36.9 Å². The van der Waals surface area contributed by atoms with Gasteiger partial charge in [-0.15, -0.1) is 0 Å². The Bertz CT molecular complexity index is 1780. The molecule has 0 bridgehead atoms. The maximum Gasteiger partial charge on any atom is 0.534 e. The Morgan fingerprint density at radius 2 is 1.72 bits per heavy atom. The van der Waals surface area contributed by atoms with Crippen molar-refractivity contribution < 1.29 is 49.7 Å². The van der Waals surface area contributed by atoms with E-state index in [1.807, 2.05) is 0 Å². The van der Waals surface area contributed by atoms with Crippen LogP contribution >= 0.6 is 11.5 Å². The summed E-state index contributed by atoms with van der Waals surface area (Å²) in [5, 5.41) is 3.69. The Labute approximate surface area is 263 Å². The third kappa shape index (κ3) is 6.43. The van der Waals surface area contributed by atoms with Crippen LogP contribution in [0.15, 0.2) is 77.3 Å². The lowest BCUT2D eigenvalue weighted by Gasteiger charge is -2.50. The highest BCUT2D eigenvalue weighted by Gasteiger charge is 2.56. The van der Waals surface area contributed by atoms with Crippen LogP contribution in [-0.2, 0) is 38.3 Å². The van der Waals surface area contributed by atoms with Gasteiger partial charge in [-0.3, -0.25) is 14.5 Å². The predicted octanol–water partition coefficient (Wildman–Crippen LogP) is 3.46. The molecule has 5 rings (SSSR count). The number of carbonyl (C=O) groups excluding carboxylic acids is 3. The van der Waals surface area contributed by atoms with E-state index in [0.717, 1.165) is 16.4 Å². The number of esters is 1. The summed E-state index contributed by atoms with van der Waals surface area (Å²) in [6.45, 7) is 0. The molecular weight excluding hydrogens is 655 g/mol. The maximum absolute atomic E-state index is 13.8. The smallest absolute Gasteiger partial charge is 0.448 e. The first-order valence-corrected chi connectivity index (χ1v) is 15.6. The van der Waals surface area contributed by atoms with Crippen molar-refractivity contribution in [3.8, 4) is 0 Å². The molecule has 1 fully saturated rings. The second-order valence-electron chi connectivity index (χ2n) is 9.99. The topological polar surface area (TPSA) is 180 Å². The maximum atomic E-state index is 13.8. The molecule has 18 heteroatoms. The number of anilines is 1. The quantitative estimate of drug-likeness (QED) is 0.0783. The molecule has 2 N–H and O–H groups in total. The minimum absolute atomic E-state index is 0.0451. The van der Waals surface area contributed by atoms with Crippen molar-refractivity contribution in [1.29, 1.82) is 0 Å². The van der Waals surface area contributed by atoms with Crippen LogP contribution in [0.4, 0.5) is 18.3 Å². The number of nitrogen functional groups attached to an aromatic ring is 1. The number of aromatic nitrogens is 2. The van der Waals surface area contributed by atoms with Crippen LogP contribution in [0.3, 0.4) is 0 Å². The van der Waals surface area contributed by atoms with Gasteiger partial charge in [0.05, 0.1) is 5.92 Å². The molecular formula is C28H24F3N5O8S2. The molecule has 2 aromatic carbocycles. The molecule has 3 aromatic rings. The average molecular weight is 680 g/mol. The van der Waals surface area contributed by atoms with Crippen molar-refractivity contribution in [1.82, 2.24) is 14.3 Å². The van der Waals surface area contributed by atoms with Gasteiger partial charge in [-0.05, 0) is 17.5 Å². The summed E-state index contributed by atoms with van der Waals surface area (Å²) in [4.78, 5) is 49.9. The molecule has 2 atom stereocenters. The zero-order valence-corrected chi connectivity index (χ0v) is 25.3. The number of nitrogens with zero attached hydrogens (tertiary/aromatic N) is 4. The van der Waals surface area contributed by atoms with Gasteiger partial charge >= 0.3 is 21.6 Å². The van der Waals surface area contributed by atoms with E-state index in [1.54, 1.807) is 60.7 Å². The molecule has 0 unspecified atom stereocenters. The van der Waals surface area contributed by atoms with E-state index in [0.29, 0.717) is 11.1 Å². The number of β-lactam (4-membered cyclic amide) rings is 1. The zero-order chi connectivity index (χ0) is 33.2. The van der Waals surface area contributed by atoms with E-state index in [-0.39, 0.29) is 23.1 Å². The number of halogens is 3. The molecule has 46 heavy (non-hydrogen) atoms. The Morgan fingerprint density at radius 3 is 2.24 bits per heavy atom. The highest BCUT2D eigenvalue weighted by Crippen LogP contribution is 2.44. The number of hydrogen-bond donors (Lipinski definition) is 1. The minimum Gasteiger partial charge on any atom is -0.448 e. The molecule has 2 aliphatic heterocycles. The van der Waals surface area contributed by atoms with Gasteiger partial charge in [-0.1, -0.05) is 65.8 Å². The first-order chi connectivity index (χ1) is 21.8. The number of fused-ring (bicyclic) bond motifs is 1. The molecule has 0 radical (unpaired) electrons. The third-order valence-corrected chi connectivity index (χ3v) is 8.68. The Morgan fingerprint density at radius 1 is 1.11 bits per heavy atom. The number of benzene rings is 2. The van der Waals surface area contributed by atoms with Crippen molar-refractivity contribution in [3.63, 3.8) is 0 Å².